The number of fused-ring (bicyclic) bond motifs is 1. The summed E-state index contributed by atoms with van der Waals surface area (Å²) < 4.78 is 7.03. The van der Waals surface area contributed by atoms with Crippen molar-refractivity contribution in [2.24, 2.45) is 0 Å². The van der Waals surface area contributed by atoms with Crippen molar-refractivity contribution in [2.75, 3.05) is 26.3 Å². The highest BCUT2D eigenvalue weighted by atomic mass is 35.5. The molecule has 0 spiro atoms. The molecule has 6 nitrogen and oxygen atoms in total. The molecule has 0 saturated carbocycles. The summed E-state index contributed by atoms with van der Waals surface area (Å²) in [5, 5.41) is 15.7. The Morgan fingerprint density at radius 2 is 2.00 bits per heavy atom. The zero-order valence-corrected chi connectivity index (χ0v) is 14.8. The van der Waals surface area contributed by atoms with E-state index in [4.69, 9.17) is 16.3 Å². The minimum atomic E-state index is 0.0139. The van der Waals surface area contributed by atoms with Crippen molar-refractivity contribution < 1.29 is 14.7 Å². The number of aromatic hydroxyl groups is 1. The van der Waals surface area contributed by atoms with E-state index in [-0.39, 0.29) is 11.9 Å². The van der Waals surface area contributed by atoms with Crippen LogP contribution in [-0.4, -0.2) is 46.0 Å². The van der Waals surface area contributed by atoms with Gasteiger partial charge in [-0.1, -0.05) is 35.1 Å². The van der Waals surface area contributed by atoms with Crippen molar-refractivity contribution in [2.45, 2.75) is 13.0 Å². The molecule has 1 saturated heterocycles. The van der Waals surface area contributed by atoms with Crippen molar-refractivity contribution in [1.29, 1.82) is 0 Å². The lowest BCUT2D eigenvalue weighted by molar-refractivity contribution is -0.932. The molecule has 1 aromatic carbocycles. The van der Waals surface area contributed by atoms with Gasteiger partial charge in [0.1, 0.15) is 23.8 Å². The van der Waals surface area contributed by atoms with Gasteiger partial charge in [-0.25, -0.2) is 4.98 Å². The fraction of sp³-hybridized carbons (Fsp3) is 0.375. The van der Waals surface area contributed by atoms with Crippen molar-refractivity contribution in [3.05, 3.63) is 45.6 Å². The molecule has 0 amide bonds. The van der Waals surface area contributed by atoms with Gasteiger partial charge in [0, 0.05) is 10.6 Å². The van der Waals surface area contributed by atoms with Crippen LogP contribution in [0.2, 0.25) is 5.02 Å². The van der Waals surface area contributed by atoms with E-state index in [0.29, 0.717) is 15.8 Å². The maximum absolute atomic E-state index is 10.7. The molecule has 0 radical (unpaired) electrons. The van der Waals surface area contributed by atoms with Gasteiger partial charge in [-0.15, -0.1) is 5.10 Å². The van der Waals surface area contributed by atoms with E-state index < -0.39 is 0 Å². The van der Waals surface area contributed by atoms with E-state index >= 15 is 0 Å². The van der Waals surface area contributed by atoms with Gasteiger partial charge in [0.25, 0.3) is 0 Å². The lowest BCUT2D eigenvalue weighted by Gasteiger charge is -2.31. The first-order valence-corrected chi connectivity index (χ1v) is 9.06. The van der Waals surface area contributed by atoms with E-state index in [9.17, 15) is 5.11 Å². The maximum Gasteiger partial charge on any atom is 0.235 e. The Labute approximate surface area is 148 Å². The molecule has 1 aliphatic rings. The fourth-order valence-electron chi connectivity index (χ4n) is 3.19. The topological polar surface area (TPSA) is 64.1 Å². The van der Waals surface area contributed by atoms with Crippen molar-refractivity contribution in [1.82, 2.24) is 14.6 Å². The molecular formula is C16H18ClN4O2S+. The minimum Gasteiger partial charge on any atom is -0.492 e. The number of ether oxygens (including phenoxy) is 1. The third-order valence-corrected chi connectivity index (χ3v) is 5.65. The van der Waals surface area contributed by atoms with Crippen LogP contribution in [0.5, 0.6) is 5.88 Å². The molecule has 0 unspecified atom stereocenters. The van der Waals surface area contributed by atoms with E-state index in [1.807, 2.05) is 31.2 Å². The van der Waals surface area contributed by atoms with Crippen LogP contribution in [0.25, 0.3) is 4.96 Å². The summed E-state index contributed by atoms with van der Waals surface area (Å²) in [6.07, 6.45) is 0. The third-order valence-electron chi connectivity index (χ3n) is 4.31. The minimum absolute atomic E-state index is 0.0139. The first kappa shape index (κ1) is 15.8. The number of benzene rings is 1. The van der Waals surface area contributed by atoms with Crippen LogP contribution in [0.15, 0.2) is 24.3 Å². The molecular weight excluding hydrogens is 348 g/mol. The molecule has 1 fully saturated rings. The Kier molecular flexibility index (Phi) is 4.17. The first-order chi connectivity index (χ1) is 11.6. The summed E-state index contributed by atoms with van der Waals surface area (Å²) >= 11 is 7.54. The van der Waals surface area contributed by atoms with Crippen LogP contribution in [0.3, 0.4) is 0 Å². The summed E-state index contributed by atoms with van der Waals surface area (Å²) in [7, 11) is 0. The van der Waals surface area contributed by atoms with Gasteiger partial charge in [-0.05, 0) is 19.1 Å². The molecule has 3 heterocycles. The number of nitrogens with one attached hydrogen (secondary N) is 1. The monoisotopic (exact) mass is 365 g/mol. The summed E-state index contributed by atoms with van der Waals surface area (Å²) in [6.45, 7) is 5.04. The number of halogens is 1. The second-order valence-electron chi connectivity index (χ2n) is 5.90. The summed E-state index contributed by atoms with van der Waals surface area (Å²) in [6, 6.07) is 7.84. The number of thiazole rings is 1. The van der Waals surface area contributed by atoms with Gasteiger partial charge in [0.2, 0.25) is 10.8 Å². The average Bonchev–Trinajstić information content (AvgIpc) is 3.09. The van der Waals surface area contributed by atoms with Gasteiger partial charge in [-0.3, -0.25) is 0 Å². The van der Waals surface area contributed by atoms with Gasteiger partial charge in [0.05, 0.1) is 13.2 Å². The molecule has 8 heteroatoms. The van der Waals surface area contributed by atoms with Gasteiger partial charge in [-0.2, -0.15) is 4.52 Å². The Morgan fingerprint density at radius 3 is 2.67 bits per heavy atom. The standard InChI is InChI=1S/C16H17ClN4O2S/c1-10-18-16-21(19-10)15(22)14(24-16)13(20-6-8-23-9-7-20)11-2-4-12(17)5-3-11/h2-5,13,22H,6-9H2,1H3/p+1/t13-/m0/s1. The number of morpholine rings is 1. The van der Waals surface area contributed by atoms with Crippen molar-refractivity contribution >= 4 is 27.9 Å². The Balaban J connectivity index is 1.82. The SMILES string of the molecule is Cc1nc2sc([C@H](c3ccc(Cl)cc3)[NH+]3CCOCC3)c(O)n2n1. The number of hydrogen-bond acceptors (Lipinski definition) is 5. The zero-order chi connectivity index (χ0) is 16.7. The lowest BCUT2D eigenvalue weighted by Crippen LogP contribution is -3.14. The average molecular weight is 366 g/mol. The maximum atomic E-state index is 10.7. The molecule has 2 aromatic heterocycles. The Bertz CT molecular complexity index is 855. The number of nitrogens with zero attached hydrogens (tertiary/aromatic N) is 3. The van der Waals surface area contributed by atoms with E-state index in [1.54, 1.807) is 0 Å². The molecule has 1 atom stereocenters. The first-order valence-electron chi connectivity index (χ1n) is 7.86. The number of hydrogen-bond donors (Lipinski definition) is 2. The summed E-state index contributed by atoms with van der Waals surface area (Å²) in [5.41, 5.74) is 1.12. The molecule has 2 N–H and O–H groups in total. The molecule has 1 aliphatic heterocycles. The van der Waals surface area contributed by atoms with Crippen LogP contribution >= 0.6 is 22.9 Å². The molecule has 24 heavy (non-hydrogen) atoms. The molecule has 0 bridgehead atoms. The normalized spacial score (nSPS) is 17.4. The second-order valence-corrected chi connectivity index (χ2v) is 7.34. The molecule has 126 valence electrons. The molecule has 0 aliphatic carbocycles. The third kappa shape index (κ3) is 2.77. The highest BCUT2D eigenvalue weighted by Gasteiger charge is 2.33. The predicted octanol–water partition coefficient (Wildman–Crippen LogP) is 1.46. The molecule has 3 aromatic rings. The van der Waals surface area contributed by atoms with Gasteiger partial charge >= 0.3 is 0 Å². The lowest BCUT2D eigenvalue weighted by atomic mass is 10.0. The van der Waals surface area contributed by atoms with Gasteiger partial charge < -0.3 is 14.7 Å². The van der Waals surface area contributed by atoms with Gasteiger partial charge in [0.15, 0.2) is 6.04 Å². The van der Waals surface area contributed by atoms with E-state index in [1.165, 1.54) is 20.8 Å². The van der Waals surface area contributed by atoms with Crippen LogP contribution in [0.1, 0.15) is 22.3 Å². The quantitative estimate of drug-likeness (QED) is 0.737. The van der Waals surface area contributed by atoms with Crippen LogP contribution in [-0.2, 0) is 4.74 Å². The highest BCUT2D eigenvalue weighted by Crippen LogP contribution is 2.35. The Hall–Kier alpha value is -1.67. The van der Waals surface area contributed by atoms with Crippen LogP contribution in [0.4, 0.5) is 0 Å². The fourth-order valence-corrected chi connectivity index (χ4v) is 4.50. The van der Waals surface area contributed by atoms with Crippen LogP contribution < -0.4 is 4.90 Å². The largest absolute Gasteiger partial charge is 0.492 e. The predicted molar refractivity (Wildman–Crippen MR) is 92.1 cm³/mol. The van der Waals surface area contributed by atoms with Crippen LogP contribution in [0, 0.1) is 6.92 Å². The number of aryl methyl sites for hydroxylation is 1. The molecule has 4 rings (SSSR count). The summed E-state index contributed by atoms with van der Waals surface area (Å²) in [5.74, 6) is 0.833. The number of aromatic nitrogens is 3. The summed E-state index contributed by atoms with van der Waals surface area (Å²) in [4.78, 5) is 7.34. The zero-order valence-electron chi connectivity index (χ0n) is 13.2. The Morgan fingerprint density at radius 1 is 1.29 bits per heavy atom. The highest BCUT2D eigenvalue weighted by molar-refractivity contribution is 7.17. The van der Waals surface area contributed by atoms with Crippen molar-refractivity contribution in [3.63, 3.8) is 0 Å². The van der Waals surface area contributed by atoms with E-state index in [2.05, 4.69) is 10.1 Å². The van der Waals surface area contributed by atoms with Crippen molar-refractivity contribution in [3.8, 4) is 5.88 Å². The smallest absolute Gasteiger partial charge is 0.235 e. The van der Waals surface area contributed by atoms with E-state index in [0.717, 1.165) is 36.7 Å². The number of quaternary nitrogens is 1. The number of rotatable bonds is 3. The second kappa shape index (κ2) is 6.33.